The average molecular weight is 305 g/mol. The zero-order valence-electron chi connectivity index (χ0n) is 12.0. The summed E-state index contributed by atoms with van der Waals surface area (Å²) in [6, 6.07) is 2.47. The number of nitrogens with two attached hydrogens (primary N) is 1. The molecule has 0 amide bonds. The van der Waals surface area contributed by atoms with E-state index in [1.54, 1.807) is 6.92 Å². The fourth-order valence-electron chi connectivity index (χ4n) is 2.72. The number of esters is 1. The number of rotatable bonds is 6. The molecule has 2 aliphatic rings. The van der Waals surface area contributed by atoms with E-state index in [0.717, 1.165) is 0 Å². The number of nitriles is 1. The molecule has 0 aliphatic heterocycles. The molecule has 3 rings (SSSR count). The largest absolute Gasteiger partial charge is 0.462 e. The molecule has 2 saturated carbocycles. The lowest BCUT2D eigenvalue weighted by atomic mass is 10.1. The summed E-state index contributed by atoms with van der Waals surface area (Å²) < 4.78 is 5.08. The number of anilines is 2. The van der Waals surface area contributed by atoms with E-state index in [0.29, 0.717) is 39.9 Å². The molecule has 1 aromatic rings. The van der Waals surface area contributed by atoms with Crippen LogP contribution in [-0.4, -0.2) is 18.6 Å². The average Bonchev–Trinajstić information content (AvgIpc) is 3.35. The second-order valence-electron chi connectivity index (χ2n) is 5.73. The highest BCUT2D eigenvalue weighted by molar-refractivity contribution is 7.17. The van der Waals surface area contributed by atoms with Gasteiger partial charge in [-0.1, -0.05) is 0 Å². The Morgan fingerprint density at radius 2 is 2.10 bits per heavy atom. The van der Waals surface area contributed by atoms with Crippen molar-refractivity contribution in [1.29, 1.82) is 5.26 Å². The molecular weight excluding hydrogens is 286 g/mol. The van der Waals surface area contributed by atoms with Gasteiger partial charge in [0, 0.05) is 6.04 Å². The van der Waals surface area contributed by atoms with Crippen LogP contribution >= 0.6 is 11.3 Å². The van der Waals surface area contributed by atoms with Gasteiger partial charge in [-0.2, -0.15) is 5.26 Å². The summed E-state index contributed by atoms with van der Waals surface area (Å²) in [5.74, 6) is 0.948. The fourth-order valence-corrected chi connectivity index (χ4v) is 3.67. The van der Waals surface area contributed by atoms with Gasteiger partial charge in [0.25, 0.3) is 0 Å². The second-order valence-corrected chi connectivity index (χ2v) is 6.75. The molecule has 0 atom stereocenters. The topological polar surface area (TPSA) is 88.1 Å². The van der Waals surface area contributed by atoms with Gasteiger partial charge in [0.2, 0.25) is 0 Å². The van der Waals surface area contributed by atoms with Gasteiger partial charge >= 0.3 is 5.97 Å². The molecule has 112 valence electrons. The molecule has 2 fully saturated rings. The molecule has 0 spiro atoms. The summed E-state index contributed by atoms with van der Waals surface area (Å²) in [5, 5.41) is 13.3. The number of thiophene rings is 1. The molecule has 0 aromatic carbocycles. The maximum atomic E-state index is 12.1. The van der Waals surface area contributed by atoms with Crippen molar-refractivity contribution in [3.8, 4) is 6.07 Å². The van der Waals surface area contributed by atoms with Gasteiger partial charge in [-0.25, -0.2) is 4.79 Å². The third-order valence-corrected chi connectivity index (χ3v) is 5.13. The van der Waals surface area contributed by atoms with Gasteiger partial charge in [0.05, 0.1) is 12.3 Å². The van der Waals surface area contributed by atoms with E-state index in [1.165, 1.54) is 37.0 Å². The van der Waals surface area contributed by atoms with Crippen molar-refractivity contribution in [3.05, 3.63) is 10.4 Å². The summed E-state index contributed by atoms with van der Waals surface area (Å²) in [5.41, 5.74) is 6.53. The van der Waals surface area contributed by atoms with Gasteiger partial charge in [-0.05, 0) is 44.4 Å². The normalized spacial score (nSPS) is 17.6. The Morgan fingerprint density at radius 3 is 2.57 bits per heavy atom. The van der Waals surface area contributed by atoms with E-state index in [1.807, 2.05) is 0 Å². The van der Waals surface area contributed by atoms with Gasteiger partial charge in [0.1, 0.15) is 21.5 Å². The van der Waals surface area contributed by atoms with E-state index in [9.17, 15) is 4.79 Å². The number of carbonyl (C=O) groups excluding carboxylic acids is 1. The zero-order valence-corrected chi connectivity index (χ0v) is 12.8. The van der Waals surface area contributed by atoms with Crippen molar-refractivity contribution in [1.82, 2.24) is 0 Å². The number of ether oxygens (including phenoxy) is 1. The van der Waals surface area contributed by atoms with Crippen LogP contribution in [0.25, 0.3) is 0 Å². The predicted molar refractivity (Wildman–Crippen MR) is 82.3 cm³/mol. The number of nitrogen functional groups attached to an aromatic ring is 1. The summed E-state index contributed by atoms with van der Waals surface area (Å²) in [6.45, 7) is 2.06. The summed E-state index contributed by atoms with van der Waals surface area (Å²) >= 11 is 1.26. The molecule has 0 unspecified atom stereocenters. The summed E-state index contributed by atoms with van der Waals surface area (Å²) in [6.07, 6.45) is 4.98. The number of hydrogen-bond donors (Lipinski definition) is 2. The van der Waals surface area contributed by atoms with Crippen molar-refractivity contribution in [2.24, 2.45) is 11.8 Å². The quantitative estimate of drug-likeness (QED) is 0.789. The van der Waals surface area contributed by atoms with Crippen molar-refractivity contribution < 1.29 is 9.53 Å². The first-order valence-electron chi connectivity index (χ1n) is 7.41. The first-order chi connectivity index (χ1) is 10.2. The Balaban J connectivity index is 1.89. The first kappa shape index (κ1) is 14.2. The van der Waals surface area contributed by atoms with Crippen LogP contribution in [0, 0.1) is 23.2 Å². The van der Waals surface area contributed by atoms with Gasteiger partial charge in [-0.15, -0.1) is 11.3 Å². The summed E-state index contributed by atoms with van der Waals surface area (Å²) in [4.78, 5) is 12.5. The van der Waals surface area contributed by atoms with Crippen molar-refractivity contribution in [3.63, 3.8) is 0 Å². The minimum absolute atomic E-state index is 0.244. The van der Waals surface area contributed by atoms with Crippen LogP contribution in [0.2, 0.25) is 0 Å². The van der Waals surface area contributed by atoms with Crippen LogP contribution in [0.1, 0.15) is 47.8 Å². The van der Waals surface area contributed by atoms with E-state index in [2.05, 4.69) is 11.4 Å². The van der Waals surface area contributed by atoms with E-state index in [-0.39, 0.29) is 5.69 Å². The number of nitrogens with one attached hydrogen (secondary N) is 1. The highest BCUT2D eigenvalue weighted by Gasteiger charge is 2.42. The lowest BCUT2D eigenvalue weighted by Crippen LogP contribution is -2.25. The van der Waals surface area contributed by atoms with Crippen LogP contribution in [0.3, 0.4) is 0 Å². The minimum Gasteiger partial charge on any atom is -0.462 e. The van der Waals surface area contributed by atoms with Gasteiger partial charge in [0.15, 0.2) is 0 Å². The molecule has 0 saturated heterocycles. The zero-order chi connectivity index (χ0) is 15.0. The maximum absolute atomic E-state index is 12.1. The Kier molecular flexibility index (Phi) is 3.77. The molecule has 6 heteroatoms. The molecule has 21 heavy (non-hydrogen) atoms. The predicted octanol–water partition coefficient (Wildman–Crippen LogP) is 2.98. The Hall–Kier alpha value is -1.74. The van der Waals surface area contributed by atoms with Crippen LogP contribution < -0.4 is 11.1 Å². The molecule has 5 nitrogen and oxygen atoms in total. The molecular formula is C15H19N3O2S. The number of carbonyl (C=O) groups is 1. The first-order valence-corrected chi connectivity index (χ1v) is 8.23. The van der Waals surface area contributed by atoms with Gasteiger partial charge < -0.3 is 15.8 Å². The van der Waals surface area contributed by atoms with Crippen LogP contribution in [0.5, 0.6) is 0 Å². The molecule has 1 aromatic heterocycles. The number of hydrogen-bond acceptors (Lipinski definition) is 6. The Bertz CT molecular complexity index is 585. The molecule has 2 aliphatic carbocycles. The second kappa shape index (κ2) is 5.57. The summed E-state index contributed by atoms with van der Waals surface area (Å²) in [7, 11) is 0. The lowest BCUT2D eigenvalue weighted by Gasteiger charge is -2.18. The van der Waals surface area contributed by atoms with Crippen molar-refractivity contribution in [2.75, 3.05) is 17.7 Å². The molecule has 3 N–H and O–H groups in total. The van der Waals surface area contributed by atoms with Crippen molar-refractivity contribution >= 4 is 28.0 Å². The Morgan fingerprint density at radius 1 is 1.48 bits per heavy atom. The molecule has 1 heterocycles. The van der Waals surface area contributed by atoms with Crippen LogP contribution in [0.4, 0.5) is 10.7 Å². The maximum Gasteiger partial charge on any atom is 0.343 e. The van der Waals surface area contributed by atoms with Crippen LogP contribution in [0.15, 0.2) is 0 Å². The van der Waals surface area contributed by atoms with Gasteiger partial charge in [-0.3, -0.25) is 0 Å². The van der Waals surface area contributed by atoms with E-state index < -0.39 is 5.97 Å². The smallest absolute Gasteiger partial charge is 0.343 e. The SMILES string of the molecule is CCOC(=O)c1c(NC(C2CC2)C2CC2)sc(C#N)c1N. The molecule has 0 radical (unpaired) electrons. The number of nitrogens with zero attached hydrogens (tertiary/aromatic N) is 1. The van der Waals surface area contributed by atoms with Crippen molar-refractivity contribution in [2.45, 2.75) is 38.6 Å². The minimum atomic E-state index is -0.444. The third-order valence-electron chi connectivity index (χ3n) is 4.08. The molecule has 0 bridgehead atoms. The van der Waals surface area contributed by atoms with E-state index >= 15 is 0 Å². The Labute approximate surface area is 128 Å². The highest BCUT2D eigenvalue weighted by atomic mass is 32.1. The monoisotopic (exact) mass is 305 g/mol. The standard InChI is InChI=1S/C15H19N3O2S/c1-2-20-15(19)11-12(17)10(7-16)21-14(11)18-13(8-3-4-8)9-5-6-9/h8-9,13,18H,2-6,17H2,1H3. The highest BCUT2D eigenvalue weighted by Crippen LogP contribution is 2.47. The third kappa shape index (κ3) is 2.84. The lowest BCUT2D eigenvalue weighted by molar-refractivity contribution is 0.0529. The van der Waals surface area contributed by atoms with E-state index in [4.69, 9.17) is 15.7 Å². The fraction of sp³-hybridized carbons (Fsp3) is 0.600. The van der Waals surface area contributed by atoms with Crippen LogP contribution in [-0.2, 0) is 4.74 Å².